The largest absolute Gasteiger partial charge is 0.338 e. The maximum Gasteiger partial charge on any atom is 0.270 e. The number of allylic oxidation sites excluding steroid dienone is 1. The summed E-state index contributed by atoms with van der Waals surface area (Å²) >= 11 is 0. The zero-order valence-corrected chi connectivity index (χ0v) is 21.3. The van der Waals surface area contributed by atoms with Gasteiger partial charge >= 0.3 is 0 Å². The highest BCUT2D eigenvalue weighted by Gasteiger charge is 2.58. The molecule has 8 nitrogen and oxygen atoms in total. The first kappa shape index (κ1) is 23.3. The lowest BCUT2D eigenvalue weighted by atomic mass is 9.82. The Morgan fingerprint density at radius 1 is 1.11 bits per heavy atom. The van der Waals surface area contributed by atoms with E-state index in [-0.39, 0.29) is 23.1 Å². The van der Waals surface area contributed by atoms with E-state index in [2.05, 4.69) is 44.8 Å². The number of hydrogen-bond donors (Lipinski definition) is 2. The lowest BCUT2D eigenvalue weighted by molar-refractivity contribution is -0.118. The Morgan fingerprint density at radius 2 is 1.92 bits per heavy atom. The van der Waals surface area contributed by atoms with Crippen LogP contribution in [0.5, 0.6) is 0 Å². The molecule has 2 amide bonds. The van der Waals surface area contributed by atoms with Crippen molar-refractivity contribution in [3.63, 3.8) is 0 Å². The molecule has 1 saturated carbocycles. The average molecular weight is 495 g/mol. The number of aryl methyl sites for hydroxylation is 1. The molecule has 2 N–H and O–H groups in total. The van der Waals surface area contributed by atoms with Crippen LogP contribution in [-0.4, -0.2) is 44.9 Å². The molecule has 8 heteroatoms. The number of rotatable bonds is 6. The number of benzene rings is 1. The predicted octanol–water partition coefficient (Wildman–Crippen LogP) is 3.92. The highest BCUT2D eigenvalue weighted by molar-refractivity contribution is 6.24. The quantitative estimate of drug-likeness (QED) is 0.542. The van der Waals surface area contributed by atoms with Crippen LogP contribution in [0.3, 0.4) is 0 Å². The van der Waals surface area contributed by atoms with Gasteiger partial charge in [0.25, 0.3) is 5.91 Å². The molecular weight excluding hydrogens is 464 g/mol. The SMILES string of the molecule is CC1=NCC(C)=C1c1ccc(NC(=O)[C@@H](NC(=O)c2ccnn2C)C2c3ccccc3CC23CC3)cn1. The summed E-state index contributed by atoms with van der Waals surface area (Å²) < 4.78 is 1.52. The number of aromatic nitrogens is 3. The lowest BCUT2D eigenvalue weighted by Gasteiger charge is -2.29. The second-order valence-electron chi connectivity index (χ2n) is 10.5. The van der Waals surface area contributed by atoms with Gasteiger partial charge in [-0.3, -0.25) is 24.2 Å². The van der Waals surface area contributed by atoms with Gasteiger partial charge in [0.2, 0.25) is 5.91 Å². The van der Waals surface area contributed by atoms with E-state index in [1.165, 1.54) is 15.8 Å². The highest BCUT2D eigenvalue weighted by Crippen LogP contribution is 2.64. The Bertz CT molecular complexity index is 1460. The predicted molar refractivity (Wildman–Crippen MR) is 142 cm³/mol. The number of hydrogen-bond acceptors (Lipinski definition) is 5. The van der Waals surface area contributed by atoms with Crippen LogP contribution in [0.25, 0.3) is 5.57 Å². The first-order valence-electron chi connectivity index (χ1n) is 12.7. The minimum atomic E-state index is -0.734. The fourth-order valence-electron chi connectivity index (χ4n) is 6.06. The fraction of sp³-hybridized carbons (Fsp3) is 0.345. The van der Waals surface area contributed by atoms with Crippen LogP contribution in [0.2, 0.25) is 0 Å². The molecule has 0 bridgehead atoms. The number of carbonyl (C=O) groups excluding carboxylic acids is 2. The van der Waals surface area contributed by atoms with E-state index in [1.807, 2.05) is 31.2 Å². The molecule has 3 heterocycles. The third kappa shape index (κ3) is 4.06. The van der Waals surface area contributed by atoms with Crippen LogP contribution in [0.1, 0.15) is 59.9 Å². The summed E-state index contributed by atoms with van der Waals surface area (Å²) in [6.07, 6.45) is 6.28. The molecule has 3 aromatic rings. The zero-order valence-electron chi connectivity index (χ0n) is 21.3. The molecular formula is C29H30N6O2. The molecule has 188 valence electrons. The fourth-order valence-corrected chi connectivity index (χ4v) is 6.06. The number of amides is 2. The van der Waals surface area contributed by atoms with Gasteiger partial charge in [0.15, 0.2) is 0 Å². The van der Waals surface area contributed by atoms with Crippen molar-refractivity contribution in [2.45, 2.75) is 45.1 Å². The minimum absolute atomic E-state index is 0.0108. The van der Waals surface area contributed by atoms with Crippen molar-refractivity contribution >= 4 is 28.8 Å². The van der Waals surface area contributed by atoms with Crippen molar-refractivity contribution in [2.24, 2.45) is 17.5 Å². The summed E-state index contributed by atoms with van der Waals surface area (Å²) in [6, 6.07) is 13.0. The molecule has 0 saturated heterocycles. The second-order valence-corrected chi connectivity index (χ2v) is 10.5. The van der Waals surface area contributed by atoms with Gasteiger partial charge in [-0.1, -0.05) is 24.3 Å². The number of carbonyl (C=O) groups is 2. The van der Waals surface area contributed by atoms with Gasteiger partial charge in [-0.2, -0.15) is 5.10 Å². The molecule has 1 spiro atoms. The van der Waals surface area contributed by atoms with Crippen molar-refractivity contribution < 1.29 is 9.59 Å². The van der Waals surface area contributed by atoms with Crippen molar-refractivity contribution in [3.8, 4) is 0 Å². The van der Waals surface area contributed by atoms with Crippen LogP contribution in [-0.2, 0) is 18.3 Å². The summed E-state index contributed by atoms with van der Waals surface area (Å²) in [5.74, 6) is -0.655. The van der Waals surface area contributed by atoms with E-state index in [0.717, 1.165) is 41.8 Å². The van der Waals surface area contributed by atoms with Gasteiger partial charge < -0.3 is 10.6 Å². The maximum atomic E-state index is 13.9. The monoisotopic (exact) mass is 494 g/mol. The topological polar surface area (TPSA) is 101 Å². The number of anilines is 1. The van der Waals surface area contributed by atoms with E-state index in [0.29, 0.717) is 17.9 Å². The Morgan fingerprint density at radius 3 is 2.57 bits per heavy atom. The Hall–Kier alpha value is -4.07. The van der Waals surface area contributed by atoms with Crippen molar-refractivity contribution in [1.29, 1.82) is 0 Å². The lowest BCUT2D eigenvalue weighted by Crippen LogP contribution is -2.49. The van der Waals surface area contributed by atoms with Gasteiger partial charge in [-0.25, -0.2) is 0 Å². The number of nitrogens with zero attached hydrogens (tertiary/aromatic N) is 4. The van der Waals surface area contributed by atoms with Crippen molar-refractivity contribution in [2.75, 3.05) is 11.9 Å². The maximum absolute atomic E-state index is 13.9. The van der Waals surface area contributed by atoms with Crippen LogP contribution < -0.4 is 10.6 Å². The molecule has 37 heavy (non-hydrogen) atoms. The third-order valence-corrected chi connectivity index (χ3v) is 8.07. The second kappa shape index (κ2) is 8.80. The molecule has 0 radical (unpaired) electrons. The molecule has 2 aliphatic carbocycles. The number of aliphatic imine (C=N–C) groups is 1. The van der Waals surface area contributed by atoms with Crippen molar-refractivity contribution in [1.82, 2.24) is 20.1 Å². The minimum Gasteiger partial charge on any atom is -0.338 e. The molecule has 1 aliphatic heterocycles. The summed E-state index contributed by atoms with van der Waals surface area (Å²) in [5.41, 5.74) is 7.51. The van der Waals surface area contributed by atoms with Gasteiger partial charge in [0.1, 0.15) is 11.7 Å². The van der Waals surface area contributed by atoms with Crippen LogP contribution >= 0.6 is 0 Å². The first-order valence-corrected chi connectivity index (χ1v) is 12.7. The number of fused-ring (bicyclic) bond motifs is 1. The van der Waals surface area contributed by atoms with Gasteiger partial charge in [0, 0.05) is 30.4 Å². The van der Waals surface area contributed by atoms with Crippen molar-refractivity contribution in [3.05, 3.63) is 82.9 Å². The Labute approximate surface area is 215 Å². The first-order chi connectivity index (χ1) is 17.9. The molecule has 1 aromatic carbocycles. The van der Waals surface area contributed by atoms with E-state index in [1.54, 1.807) is 25.5 Å². The van der Waals surface area contributed by atoms with Crippen LogP contribution in [0.4, 0.5) is 5.69 Å². The average Bonchev–Trinajstić information content (AvgIpc) is 3.21. The van der Waals surface area contributed by atoms with Gasteiger partial charge in [-0.15, -0.1) is 0 Å². The Kier molecular flexibility index (Phi) is 5.55. The van der Waals surface area contributed by atoms with Gasteiger partial charge in [0.05, 0.1) is 24.1 Å². The van der Waals surface area contributed by atoms with E-state index in [4.69, 9.17) is 0 Å². The Balaban J connectivity index is 1.30. The third-order valence-electron chi connectivity index (χ3n) is 8.07. The van der Waals surface area contributed by atoms with Gasteiger partial charge in [-0.05, 0) is 73.4 Å². The molecule has 6 rings (SSSR count). The number of nitrogens with one attached hydrogen (secondary N) is 2. The highest BCUT2D eigenvalue weighted by atomic mass is 16.2. The molecule has 1 unspecified atom stereocenters. The smallest absolute Gasteiger partial charge is 0.270 e. The summed E-state index contributed by atoms with van der Waals surface area (Å²) in [4.78, 5) is 36.2. The molecule has 2 atom stereocenters. The van der Waals surface area contributed by atoms with Crippen LogP contribution in [0, 0.1) is 5.41 Å². The number of pyridine rings is 1. The molecule has 2 aromatic heterocycles. The summed E-state index contributed by atoms with van der Waals surface area (Å²) in [6.45, 7) is 4.76. The zero-order chi connectivity index (χ0) is 25.7. The van der Waals surface area contributed by atoms with E-state index in [9.17, 15) is 9.59 Å². The van der Waals surface area contributed by atoms with E-state index < -0.39 is 6.04 Å². The van der Waals surface area contributed by atoms with E-state index >= 15 is 0 Å². The summed E-state index contributed by atoms with van der Waals surface area (Å²) in [7, 11) is 1.72. The molecule has 1 fully saturated rings. The summed E-state index contributed by atoms with van der Waals surface area (Å²) in [5, 5.41) is 10.2. The normalized spacial score (nSPS) is 20.0. The standard InChI is InChI=1S/C29H30N6O2/c1-17-15-30-18(2)24(17)22-9-8-20(16-31-22)33-28(37)26(34-27(36)23-10-13-32-35(23)3)25-21-7-5-4-6-19(21)14-29(25)11-12-29/h4-10,13,16,25-26H,11-12,14-15H2,1-3H3,(H,33,37)(H,34,36)/t25?,26-/m0/s1. The molecule has 3 aliphatic rings. The van der Waals surface area contributed by atoms with Crippen LogP contribution in [0.15, 0.2) is 65.4 Å².